The number of hydrogen-bond acceptors (Lipinski definition) is 5. The van der Waals surface area contributed by atoms with Gasteiger partial charge >= 0.3 is 0 Å². The molecule has 0 atom stereocenters. The molecule has 1 aliphatic carbocycles. The van der Waals surface area contributed by atoms with Crippen LogP contribution in [-0.4, -0.2) is 39.1 Å². The predicted octanol–water partition coefficient (Wildman–Crippen LogP) is 6.51. The van der Waals surface area contributed by atoms with Crippen LogP contribution >= 0.6 is 0 Å². The largest absolute Gasteiger partial charge is 0.496 e. The Kier molecular flexibility index (Phi) is 6.46. The highest BCUT2D eigenvalue weighted by atomic mass is 16.5. The van der Waals surface area contributed by atoms with Gasteiger partial charge in [-0.2, -0.15) is 0 Å². The van der Waals surface area contributed by atoms with E-state index < -0.39 is 0 Å². The van der Waals surface area contributed by atoms with Gasteiger partial charge in [0.05, 0.1) is 42.3 Å². The molecule has 1 N–H and O–H groups in total. The van der Waals surface area contributed by atoms with Crippen molar-refractivity contribution in [2.75, 3.05) is 19.5 Å². The van der Waals surface area contributed by atoms with E-state index in [2.05, 4.69) is 14.7 Å². The lowest BCUT2D eigenvalue weighted by Gasteiger charge is -2.20. The van der Waals surface area contributed by atoms with Gasteiger partial charge in [-0.25, -0.2) is 4.98 Å². The fourth-order valence-electron chi connectivity index (χ4n) is 5.93. The molecule has 5 aromatic rings. The van der Waals surface area contributed by atoms with E-state index in [0.29, 0.717) is 23.0 Å². The topological polar surface area (TPSA) is 82.7 Å². The highest BCUT2D eigenvalue weighted by molar-refractivity contribution is 6.08. The number of rotatable bonds is 6. The van der Waals surface area contributed by atoms with E-state index in [1.165, 1.54) is 19.3 Å². The number of aryl methyl sites for hydroxylation is 2. The molecule has 1 aliphatic rings. The van der Waals surface area contributed by atoms with Gasteiger partial charge in [-0.1, -0.05) is 31.4 Å². The van der Waals surface area contributed by atoms with Crippen LogP contribution in [0.15, 0.2) is 54.9 Å². The number of nitrogens with one attached hydrogen (secondary N) is 1. The minimum absolute atomic E-state index is 0.228. The summed E-state index contributed by atoms with van der Waals surface area (Å²) in [6.07, 6.45) is 9.97. The number of fused-ring (bicyclic) bond motifs is 2. The van der Waals surface area contributed by atoms with E-state index in [1.807, 2.05) is 73.4 Å². The van der Waals surface area contributed by atoms with Gasteiger partial charge in [-0.05, 0) is 50.1 Å². The van der Waals surface area contributed by atoms with Crippen LogP contribution in [0.25, 0.3) is 27.7 Å². The number of carbonyl (C=O) groups excluding carboxylic acids is 1. The second-order valence-corrected chi connectivity index (χ2v) is 10.2. The summed E-state index contributed by atoms with van der Waals surface area (Å²) in [4.78, 5) is 23.1. The third-order valence-corrected chi connectivity index (χ3v) is 7.96. The maximum Gasteiger partial charge on any atom is 0.272 e. The molecule has 0 unspecified atom stereocenters. The summed E-state index contributed by atoms with van der Waals surface area (Å²) in [5, 5.41) is 3.93. The Hall–Kier alpha value is -4.33. The summed E-state index contributed by atoms with van der Waals surface area (Å²) in [6.45, 7) is 2.02. The summed E-state index contributed by atoms with van der Waals surface area (Å²) in [6, 6.07) is 13.4. The molecule has 3 aromatic heterocycles. The molecule has 2 aromatic carbocycles. The van der Waals surface area contributed by atoms with Crippen molar-refractivity contribution in [3.63, 3.8) is 0 Å². The maximum absolute atomic E-state index is 13.4. The van der Waals surface area contributed by atoms with Crippen LogP contribution in [0.4, 0.5) is 5.69 Å². The second-order valence-electron chi connectivity index (χ2n) is 10.2. The van der Waals surface area contributed by atoms with E-state index in [1.54, 1.807) is 14.2 Å². The van der Waals surface area contributed by atoms with E-state index in [4.69, 9.17) is 14.5 Å². The van der Waals surface area contributed by atoms with Crippen LogP contribution in [0.1, 0.15) is 60.0 Å². The first-order chi connectivity index (χ1) is 19.0. The minimum Gasteiger partial charge on any atom is -0.496 e. The van der Waals surface area contributed by atoms with Crippen LogP contribution < -0.4 is 14.8 Å². The summed E-state index contributed by atoms with van der Waals surface area (Å²) in [5.74, 6) is 2.62. The molecule has 0 spiro atoms. The molecular weight excluding hydrogens is 490 g/mol. The Morgan fingerprint density at radius 2 is 1.82 bits per heavy atom. The number of hydrogen-bond donors (Lipinski definition) is 1. The quantitative estimate of drug-likeness (QED) is 0.274. The monoisotopic (exact) mass is 523 g/mol. The summed E-state index contributed by atoms with van der Waals surface area (Å²) >= 11 is 0. The van der Waals surface area contributed by atoms with E-state index in [0.717, 1.165) is 57.8 Å². The van der Waals surface area contributed by atoms with Gasteiger partial charge in [0.2, 0.25) is 0 Å². The fraction of sp³-hybridized carbons (Fsp3) is 0.323. The fourth-order valence-corrected chi connectivity index (χ4v) is 5.93. The molecule has 0 radical (unpaired) electrons. The number of anilines is 1. The van der Waals surface area contributed by atoms with Crippen LogP contribution in [0.3, 0.4) is 0 Å². The third-order valence-electron chi connectivity index (χ3n) is 7.96. The van der Waals surface area contributed by atoms with Crippen LogP contribution in [-0.2, 0) is 7.05 Å². The molecule has 39 heavy (non-hydrogen) atoms. The molecule has 1 saturated carbocycles. The van der Waals surface area contributed by atoms with Gasteiger partial charge in [0.1, 0.15) is 23.0 Å². The average molecular weight is 524 g/mol. The number of amides is 1. The Morgan fingerprint density at radius 1 is 1.03 bits per heavy atom. The zero-order valence-corrected chi connectivity index (χ0v) is 22.8. The van der Waals surface area contributed by atoms with Crippen LogP contribution in [0, 0.1) is 6.92 Å². The Bertz CT molecular complexity index is 1690. The minimum atomic E-state index is -0.228. The lowest BCUT2D eigenvalue weighted by molar-refractivity contribution is 0.101. The highest BCUT2D eigenvalue weighted by Crippen LogP contribution is 2.38. The van der Waals surface area contributed by atoms with Gasteiger partial charge in [0, 0.05) is 36.3 Å². The first kappa shape index (κ1) is 25.0. The van der Waals surface area contributed by atoms with Crippen molar-refractivity contribution in [3.05, 3.63) is 72.1 Å². The van der Waals surface area contributed by atoms with Crippen molar-refractivity contribution >= 4 is 28.0 Å². The molecule has 6 rings (SSSR count). The van der Waals surface area contributed by atoms with Gasteiger partial charge < -0.3 is 19.4 Å². The molecule has 1 amide bonds. The maximum atomic E-state index is 13.4. The van der Waals surface area contributed by atoms with Gasteiger partial charge in [0.25, 0.3) is 5.91 Å². The Morgan fingerprint density at radius 3 is 2.59 bits per heavy atom. The zero-order chi connectivity index (χ0) is 27.1. The van der Waals surface area contributed by atoms with E-state index >= 15 is 0 Å². The molecule has 0 aliphatic heterocycles. The number of imidazole rings is 1. The van der Waals surface area contributed by atoms with Gasteiger partial charge in [-0.15, -0.1) is 0 Å². The van der Waals surface area contributed by atoms with Crippen molar-refractivity contribution in [2.24, 2.45) is 7.05 Å². The van der Waals surface area contributed by atoms with Crippen molar-refractivity contribution in [1.29, 1.82) is 0 Å². The van der Waals surface area contributed by atoms with Gasteiger partial charge in [0.15, 0.2) is 0 Å². The van der Waals surface area contributed by atoms with E-state index in [-0.39, 0.29) is 5.91 Å². The SMILES string of the molecule is COc1cc(-c2nc(C3CCCCC3)n3ccnc(C)c23)ccc1NC(=O)c1cc2c(OC)cccc2n1C. The number of ether oxygens (including phenoxy) is 2. The van der Waals surface area contributed by atoms with Crippen molar-refractivity contribution < 1.29 is 14.3 Å². The molecule has 200 valence electrons. The summed E-state index contributed by atoms with van der Waals surface area (Å²) in [7, 11) is 5.12. The Balaban J connectivity index is 1.36. The lowest BCUT2D eigenvalue weighted by atomic mass is 9.89. The van der Waals surface area contributed by atoms with Crippen molar-refractivity contribution in [1.82, 2.24) is 18.9 Å². The number of nitrogens with zero attached hydrogens (tertiary/aromatic N) is 4. The predicted molar refractivity (Wildman–Crippen MR) is 153 cm³/mol. The van der Waals surface area contributed by atoms with Crippen molar-refractivity contribution in [3.8, 4) is 22.8 Å². The number of carbonyl (C=O) groups is 1. The standard InChI is InChI=1S/C31H33N5O3/c1-19-29-28(34-30(36(29)16-15-32-19)20-9-6-5-7-10-20)21-13-14-23(27(17-21)39-4)33-31(37)25-18-22-24(35(25)2)11-8-12-26(22)38-3/h8,11-18,20H,5-7,9-10H2,1-4H3,(H,33,37). The Labute approximate surface area is 227 Å². The molecule has 0 bridgehead atoms. The van der Waals surface area contributed by atoms with Gasteiger partial charge in [-0.3, -0.25) is 14.2 Å². The molecule has 8 heteroatoms. The lowest BCUT2D eigenvalue weighted by Crippen LogP contribution is -2.16. The molecule has 3 heterocycles. The third kappa shape index (κ3) is 4.30. The number of benzene rings is 2. The van der Waals surface area contributed by atoms with Crippen LogP contribution in [0.2, 0.25) is 0 Å². The molecule has 0 saturated heterocycles. The van der Waals surface area contributed by atoms with Crippen LogP contribution in [0.5, 0.6) is 11.5 Å². The summed E-state index contributed by atoms with van der Waals surface area (Å²) in [5.41, 5.74) is 5.80. The first-order valence-corrected chi connectivity index (χ1v) is 13.5. The number of aromatic nitrogens is 4. The second kappa shape index (κ2) is 10.1. The van der Waals surface area contributed by atoms with E-state index in [9.17, 15) is 4.79 Å². The molecule has 1 fully saturated rings. The molecule has 8 nitrogen and oxygen atoms in total. The summed E-state index contributed by atoms with van der Waals surface area (Å²) < 4.78 is 15.3. The normalized spacial score (nSPS) is 14.2. The zero-order valence-electron chi connectivity index (χ0n) is 22.8. The number of methoxy groups -OCH3 is 2. The average Bonchev–Trinajstić information content (AvgIpc) is 3.53. The first-order valence-electron chi connectivity index (χ1n) is 13.5. The van der Waals surface area contributed by atoms with Crippen molar-refractivity contribution in [2.45, 2.75) is 44.9 Å². The highest BCUT2D eigenvalue weighted by Gasteiger charge is 2.24. The molecular formula is C31H33N5O3. The smallest absolute Gasteiger partial charge is 0.272 e.